The first kappa shape index (κ1) is 18.3. The number of nitrogens with one attached hydrogen (secondary N) is 2. The monoisotopic (exact) mass is 366 g/mol. The van der Waals surface area contributed by atoms with E-state index in [0.717, 1.165) is 17.7 Å². The molecule has 3 aromatic carbocycles. The molecule has 0 aliphatic carbocycles. The smallest absolute Gasteiger partial charge is 0.258 e. The highest BCUT2D eigenvalue weighted by molar-refractivity contribution is 6.12. The number of benzene rings is 3. The van der Waals surface area contributed by atoms with E-state index in [9.17, 15) is 18.4 Å². The summed E-state index contributed by atoms with van der Waals surface area (Å²) < 4.78 is 26.8. The summed E-state index contributed by atoms with van der Waals surface area (Å²) in [5, 5.41) is 5.26. The van der Waals surface area contributed by atoms with Gasteiger partial charge in [-0.05, 0) is 48.9 Å². The molecule has 3 aromatic rings. The van der Waals surface area contributed by atoms with Crippen LogP contribution in [0.15, 0.2) is 66.7 Å². The fourth-order valence-corrected chi connectivity index (χ4v) is 2.57. The third kappa shape index (κ3) is 4.36. The Bertz CT molecular complexity index is 1020. The maximum atomic E-state index is 13.8. The molecule has 0 unspecified atom stereocenters. The molecular weight excluding hydrogens is 350 g/mol. The molecule has 0 bridgehead atoms. The Labute approximate surface area is 154 Å². The van der Waals surface area contributed by atoms with E-state index in [-0.39, 0.29) is 16.8 Å². The van der Waals surface area contributed by atoms with Gasteiger partial charge in [0.15, 0.2) is 0 Å². The average molecular weight is 366 g/mol. The zero-order chi connectivity index (χ0) is 19.4. The molecule has 0 heterocycles. The van der Waals surface area contributed by atoms with E-state index in [0.29, 0.717) is 11.8 Å². The standard InChI is InChI=1S/C21H16F2N2O2/c1-13-5-4-6-15(11-13)24-21(27)17-7-2-3-8-19(17)25-20(26)16-10-9-14(22)12-18(16)23/h2-12H,1H3,(H,24,27)(H,25,26). The third-order valence-electron chi connectivity index (χ3n) is 3.87. The molecule has 0 saturated heterocycles. The van der Waals surface area contributed by atoms with E-state index in [1.54, 1.807) is 24.3 Å². The molecule has 0 aliphatic rings. The molecule has 0 aromatic heterocycles. The minimum Gasteiger partial charge on any atom is -0.322 e. The van der Waals surface area contributed by atoms with Gasteiger partial charge in [0.25, 0.3) is 11.8 Å². The van der Waals surface area contributed by atoms with Gasteiger partial charge in [0, 0.05) is 11.8 Å². The van der Waals surface area contributed by atoms with Crippen molar-refractivity contribution in [2.75, 3.05) is 10.6 Å². The highest BCUT2D eigenvalue weighted by Gasteiger charge is 2.17. The Balaban J connectivity index is 1.83. The van der Waals surface area contributed by atoms with E-state index in [1.165, 1.54) is 6.07 Å². The lowest BCUT2D eigenvalue weighted by atomic mass is 10.1. The lowest BCUT2D eigenvalue weighted by Crippen LogP contribution is -2.19. The lowest BCUT2D eigenvalue weighted by Gasteiger charge is -2.12. The molecule has 2 N–H and O–H groups in total. The maximum Gasteiger partial charge on any atom is 0.258 e. The van der Waals surface area contributed by atoms with Gasteiger partial charge in [0.1, 0.15) is 11.6 Å². The number of anilines is 2. The van der Waals surface area contributed by atoms with Gasteiger partial charge in [-0.1, -0.05) is 24.3 Å². The Morgan fingerprint density at radius 1 is 0.778 bits per heavy atom. The number of hydrogen-bond acceptors (Lipinski definition) is 2. The Kier molecular flexibility index (Phi) is 5.26. The summed E-state index contributed by atoms with van der Waals surface area (Å²) in [4.78, 5) is 24.9. The molecule has 3 rings (SSSR count). The fraction of sp³-hybridized carbons (Fsp3) is 0.0476. The molecule has 0 atom stereocenters. The summed E-state index contributed by atoms with van der Waals surface area (Å²) in [6, 6.07) is 16.3. The van der Waals surface area contributed by atoms with Crippen LogP contribution in [0, 0.1) is 18.6 Å². The van der Waals surface area contributed by atoms with Gasteiger partial charge in [-0.3, -0.25) is 9.59 Å². The summed E-state index contributed by atoms with van der Waals surface area (Å²) >= 11 is 0. The van der Waals surface area contributed by atoms with Crippen LogP contribution in [-0.4, -0.2) is 11.8 Å². The number of rotatable bonds is 4. The van der Waals surface area contributed by atoms with Gasteiger partial charge in [0.2, 0.25) is 0 Å². The largest absolute Gasteiger partial charge is 0.322 e. The number of hydrogen-bond donors (Lipinski definition) is 2. The number of carbonyl (C=O) groups excluding carboxylic acids is 2. The van der Waals surface area contributed by atoms with Crippen molar-refractivity contribution in [2.45, 2.75) is 6.92 Å². The highest BCUT2D eigenvalue weighted by Crippen LogP contribution is 2.20. The fourth-order valence-electron chi connectivity index (χ4n) is 2.57. The summed E-state index contributed by atoms with van der Waals surface area (Å²) in [5.74, 6) is -2.95. The predicted octanol–water partition coefficient (Wildman–Crippen LogP) is 4.78. The SMILES string of the molecule is Cc1cccc(NC(=O)c2ccccc2NC(=O)c2ccc(F)cc2F)c1. The number of para-hydroxylation sites is 1. The minimum absolute atomic E-state index is 0.217. The van der Waals surface area contributed by atoms with Gasteiger partial charge in [-0.2, -0.15) is 0 Å². The van der Waals surface area contributed by atoms with Crippen molar-refractivity contribution in [1.29, 1.82) is 0 Å². The minimum atomic E-state index is -0.978. The van der Waals surface area contributed by atoms with Crippen LogP contribution in [0.1, 0.15) is 26.3 Å². The molecule has 136 valence electrons. The van der Waals surface area contributed by atoms with Crippen molar-refractivity contribution < 1.29 is 18.4 Å². The van der Waals surface area contributed by atoms with E-state index in [1.807, 2.05) is 25.1 Å². The van der Waals surface area contributed by atoms with Crippen molar-refractivity contribution in [3.05, 3.63) is 95.1 Å². The molecule has 0 aliphatic heterocycles. The Morgan fingerprint density at radius 2 is 1.52 bits per heavy atom. The normalized spacial score (nSPS) is 10.3. The zero-order valence-corrected chi connectivity index (χ0v) is 14.4. The van der Waals surface area contributed by atoms with Gasteiger partial charge in [0.05, 0.1) is 16.8 Å². The molecule has 6 heteroatoms. The van der Waals surface area contributed by atoms with Crippen molar-refractivity contribution in [1.82, 2.24) is 0 Å². The maximum absolute atomic E-state index is 13.8. The quantitative estimate of drug-likeness (QED) is 0.698. The predicted molar refractivity (Wildman–Crippen MR) is 99.9 cm³/mol. The highest BCUT2D eigenvalue weighted by atomic mass is 19.1. The number of halogens is 2. The first-order valence-electron chi connectivity index (χ1n) is 8.17. The lowest BCUT2D eigenvalue weighted by molar-refractivity contribution is 0.102. The molecule has 4 nitrogen and oxygen atoms in total. The molecule has 0 fully saturated rings. The van der Waals surface area contributed by atoms with Gasteiger partial charge in [-0.15, -0.1) is 0 Å². The van der Waals surface area contributed by atoms with Crippen molar-refractivity contribution >= 4 is 23.2 Å². The van der Waals surface area contributed by atoms with E-state index >= 15 is 0 Å². The molecule has 0 saturated carbocycles. The Hall–Kier alpha value is -3.54. The van der Waals surface area contributed by atoms with Crippen molar-refractivity contribution in [3.63, 3.8) is 0 Å². The third-order valence-corrected chi connectivity index (χ3v) is 3.87. The summed E-state index contributed by atoms with van der Waals surface area (Å²) in [6.07, 6.45) is 0. The molecule has 27 heavy (non-hydrogen) atoms. The van der Waals surface area contributed by atoms with Crippen LogP contribution in [0.4, 0.5) is 20.2 Å². The first-order valence-corrected chi connectivity index (χ1v) is 8.17. The average Bonchev–Trinajstić information content (AvgIpc) is 2.62. The van der Waals surface area contributed by atoms with Crippen LogP contribution in [0.5, 0.6) is 0 Å². The second kappa shape index (κ2) is 7.78. The Morgan fingerprint density at radius 3 is 2.26 bits per heavy atom. The second-order valence-corrected chi connectivity index (χ2v) is 5.95. The summed E-state index contributed by atoms with van der Waals surface area (Å²) in [5.41, 5.74) is 1.73. The van der Waals surface area contributed by atoms with Gasteiger partial charge < -0.3 is 10.6 Å². The molecule has 0 spiro atoms. The first-order chi connectivity index (χ1) is 12.9. The number of amides is 2. The van der Waals surface area contributed by atoms with E-state index < -0.39 is 23.4 Å². The van der Waals surface area contributed by atoms with Gasteiger partial charge in [-0.25, -0.2) is 8.78 Å². The summed E-state index contributed by atoms with van der Waals surface area (Å²) in [7, 11) is 0. The van der Waals surface area contributed by atoms with Crippen molar-refractivity contribution in [2.24, 2.45) is 0 Å². The van der Waals surface area contributed by atoms with E-state index in [2.05, 4.69) is 10.6 Å². The molecular formula is C21H16F2N2O2. The van der Waals surface area contributed by atoms with Crippen LogP contribution in [0.2, 0.25) is 0 Å². The van der Waals surface area contributed by atoms with Gasteiger partial charge >= 0.3 is 0 Å². The second-order valence-electron chi connectivity index (χ2n) is 5.95. The van der Waals surface area contributed by atoms with Crippen LogP contribution < -0.4 is 10.6 Å². The summed E-state index contributed by atoms with van der Waals surface area (Å²) in [6.45, 7) is 1.90. The van der Waals surface area contributed by atoms with Crippen LogP contribution in [0.25, 0.3) is 0 Å². The van der Waals surface area contributed by atoms with E-state index in [4.69, 9.17) is 0 Å². The zero-order valence-electron chi connectivity index (χ0n) is 14.4. The van der Waals surface area contributed by atoms with Crippen LogP contribution >= 0.6 is 0 Å². The number of carbonyl (C=O) groups is 2. The molecule has 2 amide bonds. The topological polar surface area (TPSA) is 58.2 Å². The van der Waals surface area contributed by atoms with Crippen LogP contribution in [0.3, 0.4) is 0 Å². The molecule has 0 radical (unpaired) electrons. The van der Waals surface area contributed by atoms with Crippen LogP contribution in [-0.2, 0) is 0 Å². The van der Waals surface area contributed by atoms with Crippen molar-refractivity contribution in [3.8, 4) is 0 Å². The number of aryl methyl sites for hydroxylation is 1.